The van der Waals surface area contributed by atoms with E-state index in [-0.39, 0.29) is 0 Å². The van der Waals surface area contributed by atoms with Gasteiger partial charge in [0.2, 0.25) is 0 Å². The van der Waals surface area contributed by atoms with Crippen LogP contribution < -0.4 is 5.32 Å². The van der Waals surface area contributed by atoms with Crippen LogP contribution >= 0.6 is 0 Å². The standard InChI is InChI=1S/C16H20N2/c17-11-15-3-1-2-13(9-15)8-14-4-5-16(10-14)6-7-18-12-16/h1-3,9,14,18H,4-8,10,12H2. The lowest BCUT2D eigenvalue weighted by molar-refractivity contribution is 0.319. The highest BCUT2D eigenvalue weighted by Crippen LogP contribution is 2.46. The van der Waals surface area contributed by atoms with E-state index in [2.05, 4.69) is 23.5 Å². The minimum atomic E-state index is 0.609. The lowest BCUT2D eigenvalue weighted by Gasteiger charge is -2.21. The van der Waals surface area contributed by atoms with E-state index in [9.17, 15) is 0 Å². The van der Waals surface area contributed by atoms with Crippen molar-refractivity contribution in [1.82, 2.24) is 5.32 Å². The van der Waals surface area contributed by atoms with Gasteiger partial charge >= 0.3 is 0 Å². The molecule has 3 rings (SSSR count). The van der Waals surface area contributed by atoms with Gasteiger partial charge < -0.3 is 5.32 Å². The van der Waals surface area contributed by atoms with Gasteiger partial charge in [0.05, 0.1) is 11.6 Å². The van der Waals surface area contributed by atoms with Crippen LogP contribution in [0.3, 0.4) is 0 Å². The van der Waals surface area contributed by atoms with E-state index in [1.54, 1.807) is 0 Å². The molecule has 18 heavy (non-hydrogen) atoms. The molecule has 2 nitrogen and oxygen atoms in total. The molecular formula is C16H20N2. The van der Waals surface area contributed by atoms with E-state index in [1.807, 2.05) is 12.1 Å². The zero-order valence-corrected chi connectivity index (χ0v) is 10.8. The van der Waals surface area contributed by atoms with E-state index in [1.165, 1.54) is 44.3 Å². The Hall–Kier alpha value is -1.33. The first-order valence-corrected chi connectivity index (χ1v) is 6.99. The number of hydrogen-bond donors (Lipinski definition) is 1. The molecule has 2 fully saturated rings. The summed E-state index contributed by atoms with van der Waals surface area (Å²) in [6, 6.07) is 10.3. The second-order valence-electron chi connectivity index (χ2n) is 6.05. The van der Waals surface area contributed by atoms with Crippen molar-refractivity contribution < 1.29 is 0 Å². The largest absolute Gasteiger partial charge is 0.316 e. The van der Waals surface area contributed by atoms with Gasteiger partial charge in [0.25, 0.3) is 0 Å². The topological polar surface area (TPSA) is 35.8 Å². The van der Waals surface area contributed by atoms with E-state index >= 15 is 0 Å². The molecule has 2 aliphatic rings. The van der Waals surface area contributed by atoms with Crippen LogP contribution in [0.25, 0.3) is 0 Å². The smallest absolute Gasteiger partial charge is 0.0991 e. The van der Waals surface area contributed by atoms with Gasteiger partial charge in [0, 0.05) is 6.54 Å². The first-order chi connectivity index (χ1) is 8.80. The third kappa shape index (κ3) is 2.28. The Morgan fingerprint density at radius 3 is 3.11 bits per heavy atom. The van der Waals surface area contributed by atoms with Gasteiger partial charge in [-0.25, -0.2) is 0 Å². The summed E-state index contributed by atoms with van der Waals surface area (Å²) in [7, 11) is 0. The lowest BCUT2D eigenvalue weighted by Crippen LogP contribution is -2.20. The fourth-order valence-corrected chi connectivity index (χ4v) is 3.79. The maximum atomic E-state index is 8.93. The number of benzene rings is 1. The zero-order valence-electron chi connectivity index (χ0n) is 10.8. The highest BCUT2D eigenvalue weighted by atomic mass is 14.9. The number of rotatable bonds is 2. The van der Waals surface area contributed by atoms with Crippen molar-refractivity contribution in [2.24, 2.45) is 11.3 Å². The average Bonchev–Trinajstić information content (AvgIpc) is 3.01. The maximum Gasteiger partial charge on any atom is 0.0991 e. The lowest BCUT2D eigenvalue weighted by atomic mass is 9.84. The Balaban J connectivity index is 1.65. The van der Waals surface area contributed by atoms with Crippen molar-refractivity contribution in [2.45, 2.75) is 32.1 Å². The Morgan fingerprint density at radius 2 is 2.33 bits per heavy atom. The third-order valence-electron chi connectivity index (χ3n) is 4.72. The fraction of sp³-hybridized carbons (Fsp3) is 0.562. The van der Waals surface area contributed by atoms with Crippen molar-refractivity contribution >= 4 is 0 Å². The second-order valence-corrected chi connectivity index (χ2v) is 6.05. The Bertz CT molecular complexity index is 466. The van der Waals surface area contributed by atoms with Crippen molar-refractivity contribution in [3.8, 4) is 6.07 Å². The van der Waals surface area contributed by atoms with Gasteiger partial charge in [-0.05, 0) is 67.7 Å². The van der Waals surface area contributed by atoms with Gasteiger partial charge in [0.1, 0.15) is 0 Å². The molecule has 1 saturated heterocycles. The molecule has 1 aliphatic carbocycles. The predicted molar refractivity (Wildman–Crippen MR) is 72.1 cm³/mol. The molecule has 1 aromatic rings. The molecular weight excluding hydrogens is 220 g/mol. The molecule has 1 saturated carbocycles. The van der Waals surface area contributed by atoms with E-state index < -0.39 is 0 Å². The third-order valence-corrected chi connectivity index (χ3v) is 4.72. The molecule has 94 valence electrons. The highest BCUT2D eigenvalue weighted by Gasteiger charge is 2.40. The molecule has 1 N–H and O–H groups in total. The van der Waals surface area contributed by atoms with E-state index in [4.69, 9.17) is 5.26 Å². The molecule has 0 bridgehead atoms. The molecule has 0 radical (unpaired) electrons. The van der Waals surface area contributed by atoms with Crippen LogP contribution in [-0.2, 0) is 6.42 Å². The number of hydrogen-bond acceptors (Lipinski definition) is 2. The number of nitrogens with zero attached hydrogens (tertiary/aromatic N) is 1. The monoisotopic (exact) mass is 240 g/mol. The van der Waals surface area contributed by atoms with Gasteiger partial charge in [-0.3, -0.25) is 0 Å². The summed E-state index contributed by atoms with van der Waals surface area (Å²) in [4.78, 5) is 0. The molecule has 2 heteroatoms. The van der Waals surface area contributed by atoms with Gasteiger partial charge in [-0.1, -0.05) is 12.1 Å². The van der Waals surface area contributed by atoms with Gasteiger partial charge in [-0.15, -0.1) is 0 Å². The average molecular weight is 240 g/mol. The van der Waals surface area contributed by atoms with Crippen molar-refractivity contribution in [2.75, 3.05) is 13.1 Å². The van der Waals surface area contributed by atoms with Crippen LogP contribution in [0.15, 0.2) is 24.3 Å². The van der Waals surface area contributed by atoms with Crippen LogP contribution in [0.5, 0.6) is 0 Å². The summed E-state index contributed by atoms with van der Waals surface area (Å²) >= 11 is 0. The molecule has 2 unspecified atom stereocenters. The van der Waals surface area contributed by atoms with Crippen molar-refractivity contribution in [1.29, 1.82) is 5.26 Å². The predicted octanol–water partition coefficient (Wildman–Crippen LogP) is 2.88. The summed E-state index contributed by atoms with van der Waals surface area (Å²) < 4.78 is 0. The maximum absolute atomic E-state index is 8.93. The summed E-state index contributed by atoms with van der Waals surface area (Å²) in [6.45, 7) is 2.43. The minimum Gasteiger partial charge on any atom is -0.316 e. The molecule has 0 amide bonds. The normalized spacial score (nSPS) is 30.7. The second kappa shape index (κ2) is 4.74. The van der Waals surface area contributed by atoms with Gasteiger partial charge in [-0.2, -0.15) is 5.26 Å². The summed E-state index contributed by atoms with van der Waals surface area (Å²) in [5.41, 5.74) is 2.74. The molecule has 1 aliphatic heterocycles. The summed E-state index contributed by atoms with van der Waals surface area (Å²) in [6.07, 6.45) is 6.64. The van der Waals surface area contributed by atoms with Crippen LogP contribution in [0.2, 0.25) is 0 Å². The Morgan fingerprint density at radius 1 is 1.39 bits per heavy atom. The SMILES string of the molecule is N#Cc1cccc(CC2CCC3(CCNC3)C2)c1. The molecule has 1 heterocycles. The summed E-state index contributed by atoms with van der Waals surface area (Å²) in [5.74, 6) is 0.818. The first kappa shape index (κ1) is 11.7. The van der Waals surface area contributed by atoms with Crippen molar-refractivity contribution in [3.05, 3.63) is 35.4 Å². The van der Waals surface area contributed by atoms with Crippen LogP contribution in [-0.4, -0.2) is 13.1 Å². The first-order valence-electron chi connectivity index (χ1n) is 6.99. The number of nitriles is 1. The quantitative estimate of drug-likeness (QED) is 0.862. The van der Waals surface area contributed by atoms with Crippen molar-refractivity contribution in [3.63, 3.8) is 0 Å². The van der Waals surface area contributed by atoms with Crippen LogP contribution in [0.4, 0.5) is 0 Å². The Labute approximate surface area is 109 Å². The molecule has 1 aromatic carbocycles. The molecule has 1 spiro atoms. The fourth-order valence-electron chi connectivity index (χ4n) is 3.79. The van der Waals surface area contributed by atoms with Crippen LogP contribution in [0, 0.1) is 22.7 Å². The Kier molecular flexibility index (Phi) is 3.09. The highest BCUT2D eigenvalue weighted by molar-refractivity contribution is 5.33. The number of nitrogens with one attached hydrogen (secondary N) is 1. The minimum absolute atomic E-state index is 0.609. The summed E-state index contributed by atoms with van der Waals surface area (Å²) in [5, 5.41) is 12.4. The molecule has 2 atom stereocenters. The van der Waals surface area contributed by atoms with Gasteiger partial charge in [0.15, 0.2) is 0 Å². The van der Waals surface area contributed by atoms with E-state index in [0.717, 1.165) is 17.9 Å². The van der Waals surface area contributed by atoms with Crippen LogP contribution in [0.1, 0.15) is 36.8 Å². The zero-order chi connectivity index (χ0) is 12.4. The van der Waals surface area contributed by atoms with E-state index in [0.29, 0.717) is 5.41 Å². The molecule has 0 aromatic heterocycles.